The smallest absolute Gasteiger partial charge is 0.152 e. The van der Waals surface area contributed by atoms with Gasteiger partial charge in [-0.25, -0.2) is 0 Å². The van der Waals surface area contributed by atoms with E-state index >= 15 is 0 Å². The Kier molecular flexibility index (Phi) is 5.93. The highest BCUT2D eigenvalue weighted by Crippen LogP contribution is 2.35. The zero-order chi connectivity index (χ0) is 12.8. The molecule has 0 atom stereocenters. The molecule has 0 aliphatic heterocycles. The highest BCUT2D eigenvalue weighted by molar-refractivity contribution is 6.37. The van der Waals surface area contributed by atoms with Gasteiger partial charge in [0.2, 0.25) is 0 Å². The second-order valence-electron chi connectivity index (χ2n) is 4.21. The minimum absolute atomic E-state index is 0.0542. The van der Waals surface area contributed by atoms with Crippen molar-refractivity contribution >= 4 is 28.9 Å². The van der Waals surface area contributed by atoms with Crippen molar-refractivity contribution in [3.05, 3.63) is 22.2 Å². The van der Waals surface area contributed by atoms with Gasteiger partial charge in [0.1, 0.15) is 0 Å². The Balaban J connectivity index is 2.78. The van der Waals surface area contributed by atoms with Gasteiger partial charge in [-0.15, -0.1) is 0 Å². The maximum absolute atomic E-state index is 9.48. The minimum atomic E-state index is -0.0542. The number of hydrogen-bond donors (Lipinski definition) is 2. The van der Waals surface area contributed by atoms with E-state index in [0.717, 1.165) is 31.4 Å². The summed E-state index contributed by atoms with van der Waals surface area (Å²) >= 11 is 11.8. The Morgan fingerprint density at radius 2 is 1.59 bits per heavy atom. The van der Waals surface area contributed by atoms with Crippen LogP contribution >= 0.6 is 23.2 Å². The molecule has 0 fully saturated rings. The Morgan fingerprint density at radius 1 is 1.12 bits per heavy atom. The van der Waals surface area contributed by atoms with Crippen LogP contribution in [0.15, 0.2) is 12.1 Å². The van der Waals surface area contributed by atoms with E-state index in [1.807, 2.05) is 0 Å². The minimum Gasteiger partial charge on any atom is -0.505 e. The Morgan fingerprint density at radius 3 is 2.00 bits per heavy atom. The van der Waals surface area contributed by atoms with Crippen LogP contribution < -0.4 is 5.32 Å². The molecule has 0 saturated carbocycles. The Labute approximate surface area is 113 Å². The average Bonchev–Trinajstić information content (AvgIpc) is 2.26. The predicted octanol–water partition coefficient (Wildman–Crippen LogP) is 5.08. The standard InChI is InChI=1S/C13H19Cl2NO/c1-3-5-9(6-4-2)16-10-7-11(14)13(17)12(15)8-10/h7-9,16-17H,3-6H2,1-2H3. The van der Waals surface area contributed by atoms with E-state index in [-0.39, 0.29) is 15.8 Å². The summed E-state index contributed by atoms with van der Waals surface area (Å²) in [4.78, 5) is 0. The fourth-order valence-electron chi connectivity index (χ4n) is 1.87. The molecule has 2 nitrogen and oxygen atoms in total. The quantitative estimate of drug-likeness (QED) is 0.710. The van der Waals surface area contributed by atoms with Crippen molar-refractivity contribution in [2.45, 2.75) is 45.6 Å². The number of aromatic hydroxyl groups is 1. The summed E-state index contributed by atoms with van der Waals surface area (Å²) in [6, 6.07) is 3.85. The molecule has 0 aromatic heterocycles. The third-order valence-corrected chi connectivity index (χ3v) is 3.24. The number of benzene rings is 1. The van der Waals surface area contributed by atoms with Crippen LogP contribution in [-0.4, -0.2) is 11.1 Å². The van der Waals surface area contributed by atoms with Crippen molar-refractivity contribution in [2.75, 3.05) is 5.32 Å². The molecule has 0 bridgehead atoms. The first-order chi connectivity index (χ1) is 8.08. The van der Waals surface area contributed by atoms with Gasteiger partial charge in [-0.2, -0.15) is 0 Å². The summed E-state index contributed by atoms with van der Waals surface area (Å²) in [7, 11) is 0. The van der Waals surface area contributed by atoms with Crippen LogP contribution in [0.1, 0.15) is 39.5 Å². The summed E-state index contributed by atoms with van der Waals surface area (Å²) in [5, 5.41) is 13.5. The van der Waals surface area contributed by atoms with Crippen molar-refractivity contribution in [3.8, 4) is 5.75 Å². The number of anilines is 1. The largest absolute Gasteiger partial charge is 0.505 e. The maximum Gasteiger partial charge on any atom is 0.152 e. The van der Waals surface area contributed by atoms with E-state index in [2.05, 4.69) is 19.2 Å². The van der Waals surface area contributed by atoms with E-state index in [1.54, 1.807) is 12.1 Å². The third-order valence-electron chi connectivity index (χ3n) is 2.66. The molecule has 0 amide bonds. The molecule has 1 rings (SSSR count). The van der Waals surface area contributed by atoms with Crippen LogP contribution in [0.3, 0.4) is 0 Å². The Bertz CT molecular complexity index is 339. The first-order valence-electron chi connectivity index (χ1n) is 6.03. The van der Waals surface area contributed by atoms with E-state index < -0.39 is 0 Å². The molecule has 0 heterocycles. The van der Waals surface area contributed by atoms with E-state index in [1.165, 1.54) is 0 Å². The van der Waals surface area contributed by atoms with E-state index in [0.29, 0.717) is 6.04 Å². The number of phenols is 1. The zero-order valence-corrected chi connectivity index (χ0v) is 11.8. The fourth-order valence-corrected chi connectivity index (χ4v) is 2.36. The zero-order valence-electron chi connectivity index (χ0n) is 10.3. The van der Waals surface area contributed by atoms with Crippen molar-refractivity contribution in [1.82, 2.24) is 0 Å². The van der Waals surface area contributed by atoms with Gasteiger partial charge in [0.15, 0.2) is 5.75 Å². The molecule has 0 radical (unpaired) electrons. The van der Waals surface area contributed by atoms with Crippen molar-refractivity contribution in [2.24, 2.45) is 0 Å². The van der Waals surface area contributed by atoms with Crippen molar-refractivity contribution < 1.29 is 5.11 Å². The van der Waals surface area contributed by atoms with Gasteiger partial charge in [-0.05, 0) is 25.0 Å². The maximum atomic E-state index is 9.48. The molecule has 0 unspecified atom stereocenters. The van der Waals surface area contributed by atoms with Gasteiger partial charge in [0.25, 0.3) is 0 Å². The van der Waals surface area contributed by atoms with Crippen LogP contribution in [-0.2, 0) is 0 Å². The summed E-state index contributed by atoms with van der Waals surface area (Å²) in [5.41, 5.74) is 0.865. The molecule has 1 aromatic rings. The van der Waals surface area contributed by atoms with Gasteiger partial charge >= 0.3 is 0 Å². The first kappa shape index (κ1) is 14.5. The third kappa shape index (κ3) is 4.29. The average molecular weight is 276 g/mol. The lowest BCUT2D eigenvalue weighted by atomic mass is 10.1. The molecule has 0 saturated heterocycles. The van der Waals surface area contributed by atoms with E-state index in [9.17, 15) is 5.11 Å². The normalized spacial score (nSPS) is 10.9. The highest BCUT2D eigenvalue weighted by atomic mass is 35.5. The number of phenolic OH excluding ortho intramolecular Hbond substituents is 1. The molecule has 0 spiro atoms. The van der Waals surface area contributed by atoms with Gasteiger partial charge in [-0.3, -0.25) is 0 Å². The van der Waals surface area contributed by atoms with Gasteiger partial charge < -0.3 is 10.4 Å². The summed E-state index contributed by atoms with van der Waals surface area (Å²) in [5.74, 6) is -0.0542. The van der Waals surface area contributed by atoms with Crippen molar-refractivity contribution in [3.63, 3.8) is 0 Å². The van der Waals surface area contributed by atoms with Crippen LogP contribution in [0.5, 0.6) is 5.75 Å². The molecule has 17 heavy (non-hydrogen) atoms. The molecule has 0 aliphatic carbocycles. The number of hydrogen-bond acceptors (Lipinski definition) is 2. The number of rotatable bonds is 6. The second-order valence-corrected chi connectivity index (χ2v) is 5.02. The summed E-state index contributed by atoms with van der Waals surface area (Å²) < 4.78 is 0. The molecule has 4 heteroatoms. The van der Waals surface area contributed by atoms with Crippen LogP contribution in [0.25, 0.3) is 0 Å². The van der Waals surface area contributed by atoms with Gasteiger partial charge in [-0.1, -0.05) is 49.9 Å². The monoisotopic (exact) mass is 275 g/mol. The van der Waals surface area contributed by atoms with Gasteiger partial charge in [0, 0.05) is 11.7 Å². The highest BCUT2D eigenvalue weighted by Gasteiger charge is 2.10. The molecular weight excluding hydrogens is 257 g/mol. The summed E-state index contributed by atoms with van der Waals surface area (Å²) in [6.45, 7) is 4.34. The van der Waals surface area contributed by atoms with Crippen LogP contribution in [0.2, 0.25) is 10.0 Å². The number of nitrogens with one attached hydrogen (secondary N) is 1. The topological polar surface area (TPSA) is 32.3 Å². The van der Waals surface area contributed by atoms with Crippen molar-refractivity contribution in [1.29, 1.82) is 0 Å². The predicted molar refractivity (Wildman–Crippen MR) is 75.4 cm³/mol. The molecule has 1 aromatic carbocycles. The van der Waals surface area contributed by atoms with Crippen LogP contribution in [0.4, 0.5) is 5.69 Å². The fraction of sp³-hybridized carbons (Fsp3) is 0.538. The molecule has 0 aliphatic rings. The Hall–Kier alpha value is -0.600. The lowest BCUT2D eigenvalue weighted by molar-refractivity contribution is 0.476. The molecule has 96 valence electrons. The van der Waals surface area contributed by atoms with Gasteiger partial charge in [0.05, 0.1) is 10.0 Å². The first-order valence-corrected chi connectivity index (χ1v) is 6.78. The lowest BCUT2D eigenvalue weighted by Gasteiger charge is -2.19. The molecule has 2 N–H and O–H groups in total. The van der Waals surface area contributed by atoms with E-state index in [4.69, 9.17) is 23.2 Å². The SMILES string of the molecule is CCCC(CCC)Nc1cc(Cl)c(O)c(Cl)c1. The summed E-state index contributed by atoms with van der Waals surface area (Å²) in [6.07, 6.45) is 4.50. The van der Waals surface area contributed by atoms with Crippen LogP contribution in [0, 0.1) is 0 Å². The second kappa shape index (κ2) is 6.97. The lowest BCUT2D eigenvalue weighted by Crippen LogP contribution is -2.18. The number of halogens is 2. The molecular formula is C13H19Cl2NO.